The molecule has 0 unspecified atom stereocenters. The maximum atomic E-state index is 13.1. The van der Waals surface area contributed by atoms with Crippen LogP contribution in [0.3, 0.4) is 0 Å². The summed E-state index contributed by atoms with van der Waals surface area (Å²) in [6.07, 6.45) is -2.51. The maximum Gasteiger partial charge on any atom is 0.418 e. The van der Waals surface area contributed by atoms with E-state index in [1.807, 2.05) is 19.1 Å². The average Bonchev–Trinajstić information content (AvgIpc) is 2.45. The highest BCUT2D eigenvalue weighted by atomic mass is 19.4. The number of aryl methyl sites for hydroxylation is 1. The number of rotatable bonds is 3. The first-order valence-electron chi connectivity index (χ1n) is 6.50. The van der Waals surface area contributed by atoms with Gasteiger partial charge in [0.15, 0.2) is 5.78 Å². The van der Waals surface area contributed by atoms with Crippen molar-refractivity contribution in [2.45, 2.75) is 26.4 Å². The second-order valence-electron chi connectivity index (χ2n) is 4.73. The van der Waals surface area contributed by atoms with E-state index in [1.165, 1.54) is 6.20 Å². The van der Waals surface area contributed by atoms with Crippen molar-refractivity contribution in [3.05, 3.63) is 53.3 Å². The molecule has 2 nitrogen and oxygen atoms in total. The smallest absolute Gasteiger partial charge is 0.293 e. The topological polar surface area (TPSA) is 30.0 Å². The average molecular weight is 293 g/mol. The van der Waals surface area contributed by atoms with E-state index in [-0.39, 0.29) is 0 Å². The summed E-state index contributed by atoms with van der Waals surface area (Å²) in [6, 6.07) is 8.23. The molecular weight excluding hydrogens is 279 g/mol. The summed E-state index contributed by atoms with van der Waals surface area (Å²) >= 11 is 0. The van der Waals surface area contributed by atoms with E-state index in [4.69, 9.17) is 0 Å². The minimum absolute atomic E-state index is 0.350. The number of halogens is 3. The van der Waals surface area contributed by atoms with E-state index in [0.717, 1.165) is 25.0 Å². The first-order chi connectivity index (χ1) is 9.82. The number of alkyl halides is 3. The molecule has 110 valence electrons. The maximum absolute atomic E-state index is 13.1. The van der Waals surface area contributed by atoms with Gasteiger partial charge in [-0.2, -0.15) is 13.2 Å². The number of carbonyl (C=O) groups is 1. The minimum atomic E-state index is -4.60. The minimum Gasteiger partial charge on any atom is -0.293 e. The fourth-order valence-corrected chi connectivity index (χ4v) is 2.09. The molecule has 2 aromatic rings. The number of benzene rings is 1. The summed E-state index contributed by atoms with van der Waals surface area (Å²) in [5, 5.41) is 0. The van der Waals surface area contributed by atoms with E-state index in [9.17, 15) is 18.0 Å². The van der Waals surface area contributed by atoms with E-state index in [0.29, 0.717) is 11.1 Å². The fraction of sp³-hybridized carbons (Fsp3) is 0.250. The molecule has 0 amide bonds. The Kier molecular flexibility index (Phi) is 4.11. The number of ketones is 1. The lowest BCUT2D eigenvalue weighted by Gasteiger charge is -2.12. The van der Waals surface area contributed by atoms with Gasteiger partial charge in [0.2, 0.25) is 0 Å². The van der Waals surface area contributed by atoms with Gasteiger partial charge < -0.3 is 0 Å². The first kappa shape index (κ1) is 15.2. The lowest BCUT2D eigenvalue weighted by atomic mass is 10.0. The van der Waals surface area contributed by atoms with Crippen molar-refractivity contribution in [1.82, 2.24) is 4.98 Å². The van der Waals surface area contributed by atoms with Crippen LogP contribution in [0.2, 0.25) is 0 Å². The van der Waals surface area contributed by atoms with Gasteiger partial charge in [0, 0.05) is 18.7 Å². The van der Waals surface area contributed by atoms with Crippen LogP contribution >= 0.6 is 0 Å². The number of Topliss-reactive ketones (excluding diaryl/α,β-unsaturated/α-hetero) is 1. The molecule has 0 saturated heterocycles. The summed E-state index contributed by atoms with van der Waals surface area (Å²) in [4.78, 5) is 15.0. The molecule has 0 aliphatic rings. The zero-order chi connectivity index (χ0) is 15.6. The molecule has 5 heteroatoms. The summed E-state index contributed by atoms with van der Waals surface area (Å²) in [7, 11) is 0. The second-order valence-corrected chi connectivity index (χ2v) is 4.73. The molecule has 21 heavy (non-hydrogen) atoms. The molecule has 0 N–H and O–H groups in total. The number of hydrogen-bond acceptors (Lipinski definition) is 2. The van der Waals surface area contributed by atoms with Crippen LogP contribution in [0, 0.1) is 0 Å². The van der Waals surface area contributed by atoms with Gasteiger partial charge in [-0.15, -0.1) is 0 Å². The van der Waals surface area contributed by atoms with Crippen molar-refractivity contribution in [1.29, 1.82) is 0 Å². The first-order valence-corrected chi connectivity index (χ1v) is 6.50. The van der Waals surface area contributed by atoms with Crippen LogP contribution in [0.25, 0.3) is 11.1 Å². The zero-order valence-corrected chi connectivity index (χ0v) is 11.7. The molecule has 0 aliphatic heterocycles. The van der Waals surface area contributed by atoms with E-state index in [1.54, 1.807) is 12.1 Å². The van der Waals surface area contributed by atoms with Crippen LogP contribution in [0.1, 0.15) is 35.5 Å². The SMILES string of the molecule is CCc1cccc(-c2cnc(C(C)=O)c(C(F)(F)F)c2)c1. The zero-order valence-electron chi connectivity index (χ0n) is 11.7. The van der Waals surface area contributed by atoms with Gasteiger partial charge >= 0.3 is 6.18 Å². The predicted molar refractivity (Wildman–Crippen MR) is 74.1 cm³/mol. The molecule has 1 aromatic carbocycles. The van der Waals surface area contributed by atoms with Gasteiger partial charge in [-0.05, 0) is 23.6 Å². The molecule has 1 aromatic heterocycles. The number of hydrogen-bond donors (Lipinski definition) is 0. The third-order valence-corrected chi connectivity index (χ3v) is 3.20. The van der Waals surface area contributed by atoms with Crippen LogP contribution in [-0.2, 0) is 12.6 Å². The van der Waals surface area contributed by atoms with Gasteiger partial charge in [-0.3, -0.25) is 9.78 Å². The third kappa shape index (κ3) is 3.29. The van der Waals surface area contributed by atoms with Crippen molar-refractivity contribution in [3.63, 3.8) is 0 Å². The second kappa shape index (κ2) is 5.68. The number of pyridine rings is 1. The van der Waals surface area contributed by atoms with Crippen LogP contribution in [-0.4, -0.2) is 10.8 Å². The predicted octanol–water partition coefficient (Wildman–Crippen LogP) is 4.53. The molecule has 0 spiro atoms. The Balaban J connectivity index is 2.58. The highest BCUT2D eigenvalue weighted by Crippen LogP contribution is 2.34. The molecule has 2 rings (SSSR count). The van der Waals surface area contributed by atoms with E-state index in [2.05, 4.69) is 4.98 Å². The molecule has 0 fully saturated rings. The van der Waals surface area contributed by atoms with E-state index < -0.39 is 23.2 Å². The highest BCUT2D eigenvalue weighted by molar-refractivity contribution is 5.94. The fourth-order valence-electron chi connectivity index (χ4n) is 2.09. The molecule has 0 saturated carbocycles. The third-order valence-electron chi connectivity index (χ3n) is 3.20. The Hall–Kier alpha value is -2.17. The summed E-state index contributed by atoms with van der Waals surface area (Å²) in [6.45, 7) is 3.05. The number of carbonyl (C=O) groups excluding carboxylic acids is 1. The number of nitrogens with zero attached hydrogens (tertiary/aromatic N) is 1. The van der Waals surface area contributed by atoms with Gasteiger partial charge in [-0.25, -0.2) is 0 Å². The van der Waals surface area contributed by atoms with Crippen molar-refractivity contribution in [2.75, 3.05) is 0 Å². The molecule has 0 aliphatic carbocycles. The molecule has 1 heterocycles. The molecule has 0 atom stereocenters. The van der Waals surface area contributed by atoms with Crippen molar-refractivity contribution >= 4 is 5.78 Å². The molecule has 0 bridgehead atoms. The Morgan fingerprint density at radius 2 is 1.90 bits per heavy atom. The van der Waals surface area contributed by atoms with Crippen LogP contribution in [0.4, 0.5) is 13.2 Å². The lowest BCUT2D eigenvalue weighted by Crippen LogP contribution is -2.13. The van der Waals surface area contributed by atoms with Crippen LogP contribution in [0.5, 0.6) is 0 Å². The monoisotopic (exact) mass is 293 g/mol. The van der Waals surface area contributed by atoms with E-state index >= 15 is 0 Å². The summed E-state index contributed by atoms with van der Waals surface area (Å²) < 4.78 is 39.2. The Bertz CT molecular complexity index is 677. The number of aromatic nitrogens is 1. The lowest BCUT2D eigenvalue weighted by molar-refractivity contribution is -0.138. The van der Waals surface area contributed by atoms with Crippen molar-refractivity contribution in [3.8, 4) is 11.1 Å². The van der Waals surface area contributed by atoms with Crippen molar-refractivity contribution < 1.29 is 18.0 Å². The quantitative estimate of drug-likeness (QED) is 0.778. The van der Waals surface area contributed by atoms with Gasteiger partial charge in [0.25, 0.3) is 0 Å². The Morgan fingerprint density at radius 3 is 2.48 bits per heavy atom. The Labute approximate surface area is 120 Å². The normalized spacial score (nSPS) is 11.5. The van der Waals surface area contributed by atoms with Crippen LogP contribution < -0.4 is 0 Å². The highest BCUT2D eigenvalue weighted by Gasteiger charge is 2.35. The largest absolute Gasteiger partial charge is 0.418 e. The summed E-state index contributed by atoms with van der Waals surface area (Å²) in [5.41, 5.74) is 0.495. The molecule has 0 radical (unpaired) electrons. The van der Waals surface area contributed by atoms with Gasteiger partial charge in [0.1, 0.15) is 5.69 Å². The van der Waals surface area contributed by atoms with Gasteiger partial charge in [0.05, 0.1) is 5.56 Å². The summed E-state index contributed by atoms with van der Waals surface area (Å²) in [5.74, 6) is -0.698. The van der Waals surface area contributed by atoms with Crippen LogP contribution in [0.15, 0.2) is 36.5 Å². The standard InChI is InChI=1S/C16H14F3NO/c1-3-11-5-4-6-12(7-11)13-8-14(16(17,18)19)15(10(2)21)20-9-13/h4-9H,3H2,1-2H3. The van der Waals surface area contributed by atoms with Crippen molar-refractivity contribution in [2.24, 2.45) is 0 Å². The van der Waals surface area contributed by atoms with Gasteiger partial charge in [-0.1, -0.05) is 31.2 Å². The molecular formula is C16H14F3NO. The Morgan fingerprint density at radius 1 is 1.19 bits per heavy atom.